The highest BCUT2D eigenvalue weighted by Crippen LogP contribution is 2.28. The Kier molecular flexibility index (Phi) is 6.00. The zero-order chi connectivity index (χ0) is 20.9. The largest absolute Gasteiger partial charge is 0.326 e. The zero-order valence-corrected chi connectivity index (χ0v) is 17.8. The second-order valence-electron chi connectivity index (χ2n) is 7.47. The fraction of sp³-hybridized carbons (Fsp3) is 0.160. The summed E-state index contributed by atoms with van der Waals surface area (Å²) in [6, 6.07) is 20.0. The minimum atomic E-state index is -0.0197. The number of nitrogens with zero attached hydrogens (tertiary/aromatic N) is 2. The first-order valence-electron chi connectivity index (χ1n) is 9.93. The van der Waals surface area contributed by atoms with E-state index in [0.717, 1.165) is 33.1 Å². The van der Waals surface area contributed by atoms with Gasteiger partial charge in [-0.2, -0.15) is 0 Å². The Bertz CT molecular complexity index is 1120. The SMILES string of the molecule is CC(C)c1ccc(NC(=O)Cc2ccc(-c3csc(-c4ccncc4)n3)cc2)cc1. The highest BCUT2D eigenvalue weighted by atomic mass is 32.1. The van der Waals surface area contributed by atoms with Gasteiger partial charge in [-0.25, -0.2) is 4.98 Å². The van der Waals surface area contributed by atoms with Gasteiger partial charge in [0.05, 0.1) is 12.1 Å². The van der Waals surface area contributed by atoms with Gasteiger partial charge >= 0.3 is 0 Å². The van der Waals surface area contributed by atoms with Gasteiger partial charge in [0.2, 0.25) is 5.91 Å². The van der Waals surface area contributed by atoms with Crippen LogP contribution in [0.4, 0.5) is 5.69 Å². The van der Waals surface area contributed by atoms with Gasteiger partial charge in [0.15, 0.2) is 0 Å². The summed E-state index contributed by atoms with van der Waals surface area (Å²) in [6.07, 6.45) is 3.88. The molecule has 0 saturated carbocycles. The number of thiazole rings is 1. The average Bonchev–Trinajstić information content (AvgIpc) is 3.25. The lowest BCUT2D eigenvalue weighted by Crippen LogP contribution is -2.14. The van der Waals surface area contributed by atoms with Crippen LogP contribution in [0.2, 0.25) is 0 Å². The van der Waals surface area contributed by atoms with Crippen LogP contribution in [0.1, 0.15) is 30.9 Å². The summed E-state index contributed by atoms with van der Waals surface area (Å²) in [5.74, 6) is 0.459. The summed E-state index contributed by atoms with van der Waals surface area (Å²) < 4.78 is 0. The molecule has 4 nitrogen and oxygen atoms in total. The van der Waals surface area contributed by atoms with Gasteiger partial charge in [0, 0.05) is 34.6 Å². The minimum absolute atomic E-state index is 0.0197. The van der Waals surface area contributed by atoms with Gasteiger partial charge in [-0.05, 0) is 41.3 Å². The molecule has 0 spiro atoms. The van der Waals surface area contributed by atoms with Gasteiger partial charge < -0.3 is 5.32 Å². The van der Waals surface area contributed by atoms with Crippen molar-refractivity contribution in [3.8, 4) is 21.8 Å². The van der Waals surface area contributed by atoms with Gasteiger partial charge in [0.1, 0.15) is 5.01 Å². The summed E-state index contributed by atoms with van der Waals surface area (Å²) in [7, 11) is 0. The number of carbonyl (C=O) groups excluding carboxylic acids is 1. The highest BCUT2D eigenvalue weighted by Gasteiger charge is 2.09. The van der Waals surface area contributed by atoms with E-state index in [1.807, 2.05) is 48.5 Å². The van der Waals surface area contributed by atoms with Crippen LogP contribution in [0, 0.1) is 0 Å². The van der Waals surface area contributed by atoms with Crippen molar-refractivity contribution in [3.05, 3.63) is 89.6 Å². The number of hydrogen-bond acceptors (Lipinski definition) is 4. The number of aromatic nitrogens is 2. The van der Waals surface area contributed by atoms with Crippen LogP contribution in [0.3, 0.4) is 0 Å². The van der Waals surface area contributed by atoms with Crippen LogP contribution < -0.4 is 5.32 Å². The Morgan fingerprint density at radius 1 is 0.933 bits per heavy atom. The van der Waals surface area contributed by atoms with Crippen molar-refractivity contribution < 1.29 is 4.79 Å². The summed E-state index contributed by atoms with van der Waals surface area (Å²) in [5.41, 5.74) is 6.11. The van der Waals surface area contributed by atoms with Crippen LogP contribution in [0.15, 0.2) is 78.4 Å². The topological polar surface area (TPSA) is 54.9 Å². The maximum absolute atomic E-state index is 12.4. The predicted molar refractivity (Wildman–Crippen MR) is 124 cm³/mol. The second kappa shape index (κ2) is 9.01. The van der Waals surface area contributed by atoms with Gasteiger partial charge in [-0.15, -0.1) is 11.3 Å². The summed E-state index contributed by atoms with van der Waals surface area (Å²) in [5, 5.41) is 6.00. The number of amides is 1. The zero-order valence-electron chi connectivity index (χ0n) is 17.0. The molecular weight excluding hydrogens is 390 g/mol. The Morgan fingerprint density at radius 2 is 1.63 bits per heavy atom. The van der Waals surface area contributed by atoms with Gasteiger partial charge in [0.25, 0.3) is 0 Å². The first-order chi connectivity index (χ1) is 14.6. The number of anilines is 1. The molecule has 0 radical (unpaired) electrons. The average molecular weight is 414 g/mol. The second-order valence-corrected chi connectivity index (χ2v) is 8.33. The van der Waals surface area contributed by atoms with Crippen LogP contribution in [0.5, 0.6) is 0 Å². The third-order valence-electron chi connectivity index (χ3n) is 4.91. The van der Waals surface area contributed by atoms with Crippen molar-refractivity contribution >= 4 is 22.9 Å². The number of rotatable bonds is 6. The van der Waals surface area contributed by atoms with Crippen LogP contribution in [0.25, 0.3) is 21.8 Å². The third kappa shape index (κ3) is 4.81. The standard InChI is InChI=1S/C25H23N3OS/c1-17(2)19-7-9-22(10-8-19)27-24(29)15-18-3-5-20(6-4-18)23-16-30-25(28-23)21-11-13-26-14-12-21/h3-14,16-17H,15H2,1-2H3,(H,27,29). The Hall–Kier alpha value is -3.31. The van der Waals surface area contributed by atoms with Crippen molar-refractivity contribution in [1.29, 1.82) is 0 Å². The van der Waals surface area contributed by atoms with E-state index < -0.39 is 0 Å². The Labute approximate surface area is 180 Å². The monoisotopic (exact) mass is 413 g/mol. The van der Waals surface area contributed by atoms with Crippen molar-refractivity contribution in [2.75, 3.05) is 5.32 Å². The molecule has 4 rings (SSSR count). The van der Waals surface area contributed by atoms with Crippen molar-refractivity contribution in [2.24, 2.45) is 0 Å². The molecule has 0 fully saturated rings. The molecule has 2 aromatic carbocycles. The lowest BCUT2D eigenvalue weighted by molar-refractivity contribution is -0.115. The maximum atomic E-state index is 12.4. The smallest absolute Gasteiger partial charge is 0.228 e. The van der Waals surface area contributed by atoms with Crippen LogP contribution in [-0.4, -0.2) is 15.9 Å². The van der Waals surface area contributed by atoms with E-state index >= 15 is 0 Å². The minimum Gasteiger partial charge on any atom is -0.326 e. The number of pyridine rings is 1. The number of benzene rings is 2. The normalized spacial score (nSPS) is 10.9. The Balaban J connectivity index is 1.39. The van der Waals surface area contributed by atoms with E-state index in [4.69, 9.17) is 4.98 Å². The lowest BCUT2D eigenvalue weighted by atomic mass is 10.0. The Morgan fingerprint density at radius 3 is 2.30 bits per heavy atom. The van der Waals surface area contributed by atoms with E-state index in [2.05, 4.69) is 41.7 Å². The molecule has 1 amide bonds. The van der Waals surface area contributed by atoms with Gasteiger partial charge in [-0.3, -0.25) is 9.78 Å². The summed E-state index contributed by atoms with van der Waals surface area (Å²) in [6.45, 7) is 4.31. The molecule has 2 aromatic heterocycles. The molecule has 0 bridgehead atoms. The fourth-order valence-electron chi connectivity index (χ4n) is 3.17. The van der Waals surface area contributed by atoms with Crippen LogP contribution in [-0.2, 0) is 11.2 Å². The molecule has 30 heavy (non-hydrogen) atoms. The number of hydrogen-bond donors (Lipinski definition) is 1. The molecule has 0 saturated heterocycles. The molecule has 0 unspecified atom stereocenters. The molecule has 2 heterocycles. The third-order valence-corrected chi connectivity index (χ3v) is 5.80. The number of nitrogens with one attached hydrogen (secondary N) is 1. The quantitative estimate of drug-likeness (QED) is 0.411. The van der Waals surface area contributed by atoms with Crippen molar-refractivity contribution in [3.63, 3.8) is 0 Å². The van der Waals surface area contributed by atoms with E-state index in [1.54, 1.807) is 23.7 Å². The first-order valence-corrected chi connectivity index (χ1v) is 10.8. The van der Waals surface area contributed by atoms with Crippen molar-refractivity contribution in [1.82, 2.24) is 9.97 Å². The molecule has 0 aliphatic heterocycles. The highest BCUT2D eigenvalue weighted by molar-refractivity contribution is 7.13. The number of carbonyl (C=O) groups is 1. The summed E-state index contributed by atoms with van der Waals surface area (Å²) >= 11 is 1.61. The fourth-order valence-corrected chi connectivity index (χ4v) is 4.00. The predicted octanol–water partition coefficient (Wildman–Crippen LogP) is 6.18. The van der Waals surface area contributed by atoms with E-state index in [9.17, 15) is 4.79 Å². The molecule has 0 aliphatic rings. The molecule has 5 heteroatoms. The van der Waals surface area contributed by atoms with Crippen LogP contribution >= 0.6 is 11.3 Å². The molecule has 150 valence electrons. The molecule has 0 aliphatic carbocycles. The molecule has 1 N–H and O–H groups in total. The van der Waals surface area contributed by atoms with E-state index in [1.165, 1.54) is 5.56 Å². The molecular formula is C25H23N3OS. The first kappa shape index (κ1) is 20.0. The van der Waals surface area contributed by atoms with E-state index in [-0.39, 0.29) is 5.91 Å². The lowest BCUT2D eigenvalue weighted by Gasteiger charge is -2.09. The molecule has 0 atom stereocenters. The summed E-state index contributed by atoms with van der Waals surface area (Å²) in [4.78, 5) is 21.2. The van der Waals surface area contributed by atoms with Crippen molar-refractivity contribution in [2.45, 2.75) is 26.2 Å². The molecule has 4 aromatic rings. The van der Waals surface area contributed by atoms with E-state index in [0.29, 0.717) is 12.3 Å². The van der Waals surface area contributed by atoms with Gasteiger partial charge in [-0.1, -0.05) is 50.2 Å². The maximum Gasteiger partial charge on any atom is 0.228 e.